The highest BCUT2D eigenvalue weighted by molar-refractivity contribution is 7.92. The molecule has 1 atom stereocenters. The van der Waals surface area contributed by atoms with E-state index in [1.165, 1.54) is 12.1 Å². The van der Waals surface area contributed by atoms with E-state index in [1.54, 1.807) is 53.8 Å². The molecule has 0 bridgehead atoms. The number of rotatable bonds is 5. The van der Waals surface area contributed by atoms with E-state index in [2.05, 4.69) is 4.72 Å². The van der Waals surface area contributed by atoms with E-state index in [0.717, 1.165) is 28.1 Å². The van der Waals surface area contributed by atoms with Crippen LogP contribution in [0.5, 0.6) is 0 Å². The first-order chi connectivity index (χ1) is 15.5. The van der Waals surface area contributed by atoms with Crippen molar-refractivity contribution in [2.45, 2.75) is 23.8 Å². The number of sulfonamides is 1. The molecule has 0 spiro atoms. The lowest BCUT2D eigenvalue weighted by molar-refractivity contribution is 0.0735. The molecule has 0 aliphatic carbocycles. The number of amides is 1. The Kier molecular flexibility index (Phi) is 5.40. The molecule has 1 aliphatic rings. The number of benzene rings is 3. The van der Waals surface area contributed by atoms with Crippen LogP contribution in [0.2, 0.25) is 0 Å². The van der Waals surface area contributed by atoms with Crippen molar-refractivity contribution in [3.05, 3.63) is 89.4 Å². The number of nitrogens with one attached hydrogen (secondary N) is 1. The molecule has 1 amide bonds. The van der Waals surface area contributed by atoms with Gasteiger partial charge < -0.3 is 4.90 Å². The van der Waals surface area contributed by atoms with E-state index in [9.17, 15) is 13.2 Å². The molecular weight excluding hydrogens is 442 g/mol. The van der Waals surface area contributed by atoms with Crippen LogP contribution in [0.4, 0.5) is 5.69 Å². The summed E-state index contributed by atoms with van der Waals surface area (Å²) in [6.07, 6.45) is 1.78. The SMILES string of the molecule is O=C(c1cccc(NS(=O)(=O)c2ccccc2)c1)N1CCC[C@H]1c1nc2ccccc2s1. The highest BCUT2D eigenvalue weighted by Gasteiger charge is 2.33. The molecule has 162 valence electrons. The summed E-state index contributed by atoms with van der Waals surface area (Å²) >= 11 is 1.62. The fraction of sp³-hybridized carbons (Fsp3) is 0.167. The van der Waals surface area contributed by atoms with Crippen LogP contribution in [0.25, 0.3) is 10.2 Å². The maximum absolute atomic E-state index is 13.4. The number of likely N-dealkylation sites (tertiary alicyclic amines) is 1. The van der Waals surface area contributed by atoms with Gasteiger partial charge in [0.25, 0.3) is 15.9 Å². The quantitative estimate of drug-likeness (QED) is 0.448. The largest absolute Gasteiger partial charge is 0.329 e. The zero-order chi connectivity index (χ0) is 22.1. The van der Waals surface area contributed by atoms with Crippen molar-refractivity contribution in [3.8, 4) is 0 Å². The Morgan fingerprint density at radius 1 is 1.00 bits per heavy atom. The molecule has 4 aromatic rings. The predicted octanol–water partition coefficient (Wildman–Crippen LogP) is 5.07. The van der Waals surface area contributed by atoms with E-state index in [4.69, 9.17) is 4.98 Å². The molecule has 5 rings (SSSR count). The summed E-state index contributed by atoms with van der Waals surface area (Å²) in [6.45, 7) is 0.652. The molecule has 32 heavy (non-hydrogen) atoms. The van der Waals surface area contributed by atoms with Gasteiger partial charge in [-0.25, -0.2) is 13.4 Å². The summed E-state index contributed by atoms with van der Waals surface area (Å²) < 4.78 is 29.0. The average Bonchev–Trinajstić information content (AvgIpc) is 3.46. The fourth-order valence-electron chi connectivity index (χ4n) is 3.99. The minimum atomic E-state index is -3.73. The van der Waals surface area contributed by atoms with Crippen LogP contribution in [0.15, 0.2) is 83.8 Å². The molecule has 0 unspecified atom stereocenters. The van der Waals surface area contributed by atoms with E-state index < -0.39 is 10.0 Å². The lowest BCUT2D eigenvalue weighted by Gasteiger charge is -2.23. The average molecular weight is 464 g/mol. The summed E-state index contributed by atoms with van der Waals surface area (Å²) in [5.74, 6) is -0.118. The maximum atomic E-state index is 13.4. The summed E-state index contributed by atoms with van der Waals surface area (Å²) in [6, 6.07) is 22.7. The molecular formula is C24H21N3O3S2. The van der Waals surface area contributed by atoms with Crippen molar-refractivity contribution in [1.29, 1.82) is 0 Å². The molecule has 0 radical (unpaired) electrons. The van der Waals surface area contributed by atoms with E-state index >= 15 is 0 Å². The van der Waals surface area contributed by atoms with Gasteiger partial charge in [-0.15, -0.1) is 11.3 Å². The summed E-state index contributed by atoms with van der Waals surface area (Å²) in [4.78, 5) is 20.1. The van der Waals surface area contributed by atoms with Gasteiger partial charge in [0.05, 0.1) is 21.2 Å². The Morgan fingerprint density at radius 2 is 1.78 bits per heavy atom. The monoisotopic (exact) mass is 463 g/mol. The second-order valence-electron chi connectivity index (χ2n) is 7.68. The topological polar surface area (TPSA) is 79.4 Å². The first-order valence-electron chi connectivity index (χ1n) is 10.4. The van der Waals surface area contributed by atoms with Crippen LogP contribution >= 0.6 is 11.3 Å². The molecule has 2 heterocycles. The van der Waals surface area contributed by atoms with Gasteiger partial charge in [0, 0.05) is 17.8 Å². The number of thiazole rings is 1. The van der Waals surface area contributed by atoms with Gasteiger partial charge in [-0.2, -0.15) is 0 Å². The lowest BCUT2D eigenvalue weighted by Crippen LogP contribution is -2.30. The summed E-state index contributed by atoms with van der Waals surface area (Å²) in [7, 11) is -3.73. The molecule has 1 saturated heterocycles. The molecule has 0 saturated carbocycles. The van der Waals surface area contributed by atoms with Gasteiger partial charge in [-0.3, -0.25) is 9.52 Å². The predicted molar refractivity (Wildman–Crippen MR) is 126 cm³/mol. The molecule has 6 nitrogen and oxygen atoms in total. The van der Waals surface area contributed by atoms with Crippen LogP contribution in [-0.2, 0) is 10.0 Å². The van der Waals surface area contributed by atoms with Gasteiger partial charge in [0.1, 0.15) is 5.01 Å². The second kappa shape index (κ2) is 8.37. The first kappa shape index (κ1) is 20.7. The number of hydrogen-bond donors (Lipinski definition) is 1. The molecule has 1 N–H and O–H groups in total. The minimum Gasteiger partial charge on any atom is -0.329 e. The van der Waals surface area contributed by atoms with Gasteiger partial charge in [0.15, 0.2) is 0 Å². The van der Waals surface area contributed by atoms with Gasteiger partial charge >= 0.3 is 0 Å². The van der Waals surface area contributed by atoms with Crippen molar-refractivity contribution in [3.63, 3.8) is 0 Å². The van der Waals surface area contributed by atoms with Crippen LogP contribution in [0, 0.1) is 0 Å². The number of anilines is 1. The van der Waals surface area contributed by atoms with Crippen molar-refractivity contribution in [2.24, 2.45) is 0 Å². The van der Waals surface area contributed by atoms with Gasteiger partial charge in [0.2, 0.25) is 0 Å². The summed E-state index contributed by atoms with van der Waals surface area (Å²) in [5.41, 5.74) is 1.76. The van der Waals surface area contributed by atoms with Crippen LogP contribution < -0.4 is 4.72 Å². The maximum Gasteiger partial charge on any atom is 0.261 e. The van der Waals surface area contributed by atoms with Crippen LogP contribution in [0.1, 0.15) is 34.2 Å². The normalized spacial score (nSPS) is 16.4. The zero-order valence-corrected chi connectivity index (χ0v) is 18.8. The third-order valence-corrected chi connectivity index (χ3v) is 8.06. The number of carbonyl (C=O) groups excluding carboxylic acids is 1. The summed E-state index contributed by atoms with van der Waals surface area (Å²) in [5, 5.41) is 0.943. The van der Waals surface area contributed by atoms with Gasteiger partial charge in [-0.05, 0) is 55.3 Å². The van der Waals surface area contributed by atoms with E-state index in [-0.39, 0.29) is 16.8 Å². The molecule has 8 heteroatoms. The Morgan fingerprint density at radius 3 is 2.59 bits per heavy atom. The Hall–Kier alpha value is -3.23. The Bertz CT molecular complexity index is 1350. The van der Waals surface area contributed by atoms with Crippen molar-refractivity contribution >= 4 is 43.2 Å². The number of nitrogens with zero attached hydrogens (tertiary/aromatic N) is 2. The van der Waals surface area contributed by atoms with Crippen molar-refractivity contribution < 1.29 is 13.2 Å². The highest BCUT2D eigenvalue weighted by atomic mass is 32.2. The van der Waals surface area contributed by atoms with Crippen LogP contribution in [-0.4, -0.2) is 30.8 Å². The molecule has 1 fully saturated rings. The smallest absolute Gasteiger partial charge is 0.261 e. The Labute approximate surface area is 190 Å². The van der Waals surface area contributed by atoms with E-state index in [0.29, 0.717) is 17.8 Å². The third kappa shape index (κ3) is 3.99. The number of hydrogen-bond acceptors (Lipinski definition) is 5. The standard InChI is InChI=1S/C24H21N3O3S2/c28-24(27-15-7-13-21(27)23-25-20-12-4-5-14-22(20)31-23)17-8-6-9-18(16-17)26-32(29,30)19-10-2-1-3-11-19/h1-6,8-12,14,16,21,26H,7,13,15H2/t21-/m0/s1. The molecule has 1 aliphatic heterocycles. The molecule has 3 aromatic carbocycles. The highest BCUT2D eigenvalue weighted by Crippen LogP contribution is 2.37. The molecule has 1 aromatic heterocycles. The van der Waals surface area contributed by atoms with E-state index in [1.807, 2.05) is 29.2 Å². The number of aromatic nitrogens is 1. The van der Waals surface area contributed by atoms with Gasteiger partial charge in [-0.1, -0.05) is 36.4 Å². The van der Waals surface area contributed by atoms with Crippen molar-refractivity contribution in [1.82, 2.24) is 9.88 Å². The number of para-hydroxylation sites is 1. The minimum absolute atomic E-state index is 0.0652. The Balaban J connectivity index is 1.39. The first-order valence-corrected chi connectivity index (χ1v) is 12.7. The lowest BCUT2D eigenvalue weighted by atomic mass is 10.1. The number of fused-ring (bicyclic) bond motifs is 1. The third-order valence-electron chi connectivity index (χ3n) is 5.52. The van der Waals surface area contributed by atoms with Crippen molar-refractivity contribution in [2.75, 3.05) is 11.3 Å². The fourth-order valence-corrected chi connectivity index (χ4v) is 6.18. The van der Waals surface area contributed by atoms with Crippen LogP contribution in [0.3, 0.4) is 0 Å². The second-order valence-corrected chi connectivity index (χ2v) is 10.4. The zero-order valence-electron chi connectivity index (χ0n) is 17.1. The number of carbonyl (C=O) groups is 1.